The zero-order valence-corrected chi connectivity index (χ0v) is 12.0. The maximum Gasteiger partial charge on any atom is 0.157 e. The van der Waals surface area contributed by atoms with Crippen LogP contribution in [0.3, 0.4) is 0 Å². The van der Waals surface area contributed by atoms with E-state index in [0.717, 1.165) is 30.9 Å². The molecule has 5 nitrogen and oxygen atoms in total. The van der Waals surface area contributed by atoms with Crippen LogP contribution in [0.15, 0.2) is 42.7 Å². The van der Waals surface area contributed by atoms with Gasteiger partial charge in [0, 0.05) is 19.0 Å². The first-order chi connectivity index (χ1) is 10.4. The molecule has 0 saturated carbocycles. The molecule has 1 aromatic carbocycles. The zero-order chi connectivity index (χ0) is 14.3. The SMILES string of the molecule is c1cnn(-c2ccc(OCCOC3CCCCO3)cc2)c1. The summed E-state index contributed by atoms with van der Waals surface area (Å²) in [6.07, 6.45) is 6.92. The molecule has 0 radical (unpaired) electrons. The van der Waals surface area contributed by atoms with Gasteiger partial charge in [-0.05, 0) is 49.6 Å². The number of ether oxygens (including phenoxy) is 3. The highest BCUT2D eigenvalue weighted by molar-refractivity contribution is 5.36. The maximum absolute atomic E-state index is 5.66. The van der Waals surface area contributed by atoms with Gasteiger partial charge in [0.15, 0.2) is 6.29 Å². The molecule has 0 N–H and O–H groups in total. The average Bonchev–Trinajstić information content (AvgIpc) is 3.08. The fourth-order valence-electron chi connectivity index (χ4n) is 2.30. The molecule has 112 valence electrons. The lowest BCUT2D eigenvalue weighted by Gasteiger charge is -2.22. The molecular weight excluding hydrogens is 268 g/mol. The summed E-state index contributed by atoms with van der Waals surface area (Å²) in [5.74, 6) is 0.832. The van der Waals surface area contributed by atoms with E-state index in [-0.39, 0.29) is 6.29 Å². The molecule has 1 fully saturated rings. The molecule has 1 unspecified atom stereocenters. The van der Waals surface area contributed by atoms with Crippen molar-refractivity contribution in [2.75, 3.05) is 19.8 Å². The molecule has 0 aliphatic carbocycles. The predicted octanol–water partition coefficient (Wildman–Crippen LogP) is 2.79. The van der Waals surface area contributed by atoms with Crippen LogP contribution in [0.25, 0.3) is 5.69 Å². The lowest BCUT2D eigenvalue weighted by Crippen LogP contribution is -2.24. The molecule has 2 aromatic rings. The molecular formula is C16H20N2O3. The third-order valence-corrected chi connectivity index (χ3v) is 3.40. The van der Waals surface area contributed by atoms with Crippen LogP contribution in [-0.4, -0.2) is 35.9 Å². The van der Waals surface area contributed by atoms with Crippen LogP contribution in [-0.2, 0) is 9.47 Å². The van der Waals surface area contributed by atoms with Crippen molar-refractivity contribution in [2.45, 2.75) is 25.6 Å². The molecule has 0 amide bonds. The van der Waals surface area contributed by atoms with Crippen molar-refractivity contribution >= 4 is 0 Å². The van der Waals surface area contributed by atoms with Crippen LogP contribution in [0.2, 0.25) is 0 Å². The molecule has 2 heterocycles. The van der Waals surface area contributed by atoms with Gasteiger partial charge in [-0.2, -0.15) is 5.10 Å². The smallest absolute Gasteiger partial charge is 0.157 e. The van der Waals surface area contributed by atoms with Crippen LogP contribution in [0, 0.1) is 0 Å². The molecule has 1 atom stereocenters. The number of hydrogen-bond acceptors (Lipinski definition) is 4. The van der Waals surface area contributed by atoms with Crippen LogP contribution in [0.5, 0.6) is 5.75 Å². The summed E-state index contributed by atoms with van der Waals surface area (Å²) in [5, 5.41) is 4.19. The Morgan fingerprint density at radius 3 is 2.81 bits per heavy atom. The molecule has 1 aliphatic rings. The van der Waals surface area contributed by atoms with Crippen LogP contribution in [0.4, 0.5) is 0 Å². The van der Waals surface area contributed by atoms with Crippen molar-refractivity contribution in [3.05, 3.63) is 42.7 Å². The largest absolute Gasteiger partial charge is 0.491 e. The Bertz CT molecular complexity index is 519. The van der Waals surface area contributed by atoms with Gasteiger partial charge in [0.2, 0.25) is 0 Å². The fraction of sp³-hybridized carbons (Fsp3) is 0.438. The Hall–Kier alpha value is -1.85. The topological polar surface area (TPSA) is 45.5 Å². The summed E-state index contributed by atoms with van der Waals surface area (Å²) in [4.78, 5) is 0. The van der Waals surface area contributed by atoms with E-state index >= 15 is 0 Å². The van der Waals surface area contributed by atoms with Gasteiger partial charge in [-0.3, -0.25) is 0 Å². The quantitative estimate of drug-likeness (QED) is 0.767. The normalized spacial score (nSPS) is 18.6. The summed E-state index contributed by atoms with van der Waals surface area (Å²) < 4.78 is 18.6. The number of benzene rings is 1. The van der Waals surface area contributed by atoms with Crippen LogP contribution >= 0.6 is 0 Å². The Morgan fingerprint density at radius 1 is 1.19 bits per heavy atom. The molecule has 1 saturated heterocycles. The van der Waals surface area contributed by atoms with Gasteiger partial charge in [-0.25, -0.2) is 4.68 Å². The molecule has 21 heavy (non-hydrogen) atoms. The van der Waals surface area contributed by atoms with E-state index in [0.29, 0.717) is 13.2 Å². The molecule has 1 aliphatic heterocycles. The van der Waals surface area contributed by atoms with E-state index in [1.165, 1.54) is 6.42 Å². The summed E-state index contributed by atoms with van der Waals surface area (Å²) >= 11 is 0. The molecule has 5 heteroatoms. The third-order valence-electron chi connectivity index (χ3n) is 3.40. The molecule has 3 rings (SSSR count). The van der Waals surface area contributed by atoms with Crippen molar-refractivity contribution in [1.29, 1.82) is 0 Å². The number of nitrogens with zero attached hydrogens (tertiary/aromatic N) is 2. The minimum atomic E-state index is -0.0514. The Morgan fingerprint density at radius 2 is 2.10 bits per heavy atom. The minimum absolute atomic E-state index is 0.0514. The summed E-state index contributed by atoms with van der Waals surface area (Å²) in [7, 11) is 0. The predicted molar refractivity (Wildman–Crippen MR) is 78.6 cm³/mol. The number of hydrogen-bond donors (Lipinski definition) is 0. The monoisotopic (exact) mass is 288 g/mol. The summed E-state index contributed by atoms with van der Waals surface area (Å²) in [6.45, 7) is 1.88. The summed E-state index contributed by atoms with van der Waals surface area (Å²) in [6, 6.07) is 9.73. The standard InChI is InChI=1S/C16H20N2O3/c1-2-11-20-16(4-1)21-13-12-19-15-7-5-14(6-8-15)18-10-3-9-17-18/h3,5-10,16H,1-2,4,11-13H2. The first kappa shape index (κ1) is 14.1. The average molecular weight is 288 g/mol. The van der Waals surface area contributed by atoms with Gasteiger partial charge < -0.3 is 14.2 Å². The third kappa shape index (κ3) is 4.06. The lowest BCUT2D eigenvalue weighted by molar-refractivity contribution is -0.165. The highest BCUT2D eigenvalue weighted by Crippen LogP contribution is 2.16. The second-order valence-electron chi connectivity index (χ2n) is 4.96. The second-order valence-corrected chi connectivity index (χ2v) is 4.96. The van der Waals surface area contributed by atoms with E-state index in [2.05, 4.69) is 5.10 Å². The molecule has 0 spiro atoms. The van der Waals surface area contributed by atoms with Crippen LogP contribution in [0.1, 0.15) is 19.3 Å². The first-order valence-corrected chi connectivity index (χ1v) is 7.38. The second kappa shape index (κ2) is 7.24. The zero-order valence-electron chi connectivity index (χ0n) is 12.0. The first-order valence-electron chi connectivity index (χ1n) is 7.38. The highest BCUT2D eigenvalue weighted by Gasteiger charge is 2.13. The molecule has 1 aromatic heterocycles. The van der Waals surface area contributed by atoms with E-state index in [4.69, 9.17) is 14.2 Å². The Labute approximate surface area is 124 Å². The van der Waals surface area contributed by atoms with Crippen molar-refractivity contribution in [3.63, 3.8) is 0 Å². The highest BCUT2D eigenvalue weighted by atomic mass is 16.7. The van der Waals surface area contributed by atoms with Crippen molar-refractivity contribution in [1.82, 2.24) is 9.78 Å². The van der Waals surface area contributed by atoms with E-state index in [9.17, 15) is 0 Å². The lowest BCUT2D eigenvalue weighted by atomic mass is 10.2. The van der Waals surface area contributed by atoms with Crippen LogP contribution < -0.4 is 4.74 Å². The summed E-state index contributed by atoms with van der Waals surface area (Å²) in [5.41, 5.74) is 1.01. The Balaban J connectivity index is 1.41. The van der Waals surface area contributed by atoms with Crippen molar-refractivity contribution in [2.24, 2.45) is 0 Å². The minimum Gasteiger partial charge on any atom is -0.491 e. The number of rotatable bonds is 6. The van der Waals surface area contributed by atoms with E-state index in [1.54, 1.807) is 6.20 Å². The van der Waals surface area contributed by atoms with Gasteiger partial charge in [0.1, 0.15) is 12.4 Å². The van der Waals surface area contributed by atoms with Gasteiger partial charge in [-0.15, -0.1) is 0 Å². The Kier molecular flexibility index (Phi) is 4.86. The maximum atomic E-state index is 5.66. The fourth-order valence-corrected chi connectivity index (χ4v) is 2.30. The van der Waals surface area contributed by atoms with E-state index < -0.39 is 0 Å². The molecule has 0 bridgehead atoms. The number of aromatic nitrogens is 2. The van der Waals surface area contributed by atoms with Gasteiger partial charge in [0.25, 0.3) is 0 Å². The van der Waals surface area contributed by atoms with Gasteiger partial charge in [0.05, 0.1) is 12.3 Å². The van der Waals surface area contributed by atoms with Gasteiger partial charge in [-0.1, -0.05) is 0 Å². The van der Waals surface area contributed by atoms with Crippen molar-refractivity contribution < 1.29 is 14.2 Å². The van der Waals surface area contributed by atoms with Gasteiger partial charge >= 0.3 is 0 Å². The van der Waals surface area contributed by atoms with Crippen molar-refractivity contribution in [3.8, 4) is 11.4 Å². The van der Waals surface area contributed by atoms with E-state index in [1.807, 2.05) is 41.2 Å².